The molecule has 0 aliphatic carbocycles. The van der Waals surface area contributed by atoms with Crippen LogP contribution in [-0.2, 0) is 13.0 Å². The highest BCUT2D eigenvalue weighted by atomic mass is 16.5. The molecule has 2 amide bonds. The third-order valence-corrected chi connectivity index (χ3v) is 4.17. The van der Waals surface area contributed by atoms with Crippen LogP contribution in [0.1, 0.15) is 31.1 Å². The fourth-order valence-corrected chi connectivity index (χ4v) is 2.80. The lowest BCUT2D eigenvalue weighted by molar-refractivity contribution is 0.125. The van der Waals surface area contributed by atoms with Crippen molar-refractivity contribution >= 4 is 6.03 Å². The summed E-state index contributed by atoms with van der Waals surface area (Å²) in [4.78, 5) is 27.5. The number of urea groups is 1. The number of hydrogen-bond donors (Lipinski definition) is 1. The summed E-state index contributed by atoms with van der Waals surface area (Å²) >= 11 is 0. The molecule has 1 fully saturated rings. The standard InChI is InChI=1S/C13H19N3O3/c1-9-2-5-15(6-3-9)13(18)16-7-4-10-11(8-16)19-14-12(10)17/h9H,2-8H2,1H3,(H,14,17). The van der Waals surface area contributed by atoms with Gasteiger partial charge in [0.15, 0.2) is 5.76 Å². The van der Waals surface area contributed by atoms with Gasteiger partial charge in [-0.15, -0.1) is 0 Å². The van der Waals surface area contributed by atoms with E-state index in [1.165, 1.54) is 0 Å². The average molecular weight is 265 g/mol. The molecular formula is C13H19N3O3. The second kappa shape index (κ2) is 4.75. The molecule has 1 saturated heterocycles. The van der Waals surface area contributed by atoms with Gasteiger partial charge in [-0.25, -0.2) is 4.79 Å². The molecule has 6 heteroatoms. The lowest BCUT2D eigenvalue weighted by Gasteiger charge is -2.35. The van der Waals surface area contributed by atoms with Gasteiger partial charge in [0.2, 0.25) is 0 Å². The van der Waals surface area contributed by atoms with E-state index in [2.05, 4.69) is 12.1 Å². The van der Waals surface area contributed by atoms with E-state index in [9.17, 15) is 9.59 Å². The van der Waals surface area contributed by atoms with E-state index in [-0.39, 0.29) is 11.6 Å². The lowest BCUT2D eigenvalue weighted by atomic mass is 9.99. The summed E-state index contributed by atoms with van der Waals surface area (Å²) in [5.74, 6) is 1.31. The maximum absolute atomic E-state index is 12.4. The molecule has 1 aromatic rings. The van der Waals surface area contributed by atoms with Gasteiger partial charge in [0.1, 0.15) is 0 Å². The summed E-state index contributed by atoms with van der Waals surface area (Å²) in [5.41, 5.74) is 0.533. The van der Waals surface area contributed by atoms with E-state index in [1.807, 2.05) is 4.90 Å². The van der Waals surface area contributed by atoms with Crippen LogP contribution < -0.4 is 5.56 Å². The quantitative estimate of drug-likeness (QED) is 0.765. The third-order valence-electron chi connectivity index (χ3n) is 4.17. The molecule has 19 heavy (non-hydrogen) atoms. The maximum atomic E-state index is 12.4. The predicted octanol–water partition coefficient (Wildman–Crippen LogP) is 1.18. The fourth-order valence-electron chi connectivity index (χ4n) is 2.80. The summed E-state index contributed by atoms with van der Waals surface area (Å²) in [6.07, 6.45) is 2.73. The minimum Gasteiger partial charge on any atom is -0.381 e. The van der Waals surface area contributed by atoms with Crippen LogP contribution in [0.5, 0.6) is 0 Å². The number of aromatic amines is 1. The van der Waals surface area contributed by atoms with Crippen LogP contribution in [0.2, 0.25) is 0 Å². The van der Waals surface area contributed by atoms with Crippen molar-refractivity contribution in [3.63, 3.8) is 0 Å². The van der Waals surface area contributed by atoms with Crippen LogP contribution in [-0.4, -0.2) is 40.6 Å². The zero-order chi connectivity index (χ0) is 13.4. The number of rotatable bonds is 0. The van der Waals surface area contributed by atoms with E-state index in [1.54, 1.807) is 4.90 Å². The molecule has 3 rings (SSSR count). The Labute approximate surface area is 111 Å². The molecule has 3 heterocycles. The van der Waals surface area contributed by atoms with Crippen molar-refractivity contribution in [2.24, 2.45) is 5.92 Å². The van der Waals surface area contributed by atoms with Crippen molar-refractivity contribution in [3.8, 4) is 0 Å². The van der Waals surface area contributed by atoms with Crippen molar-refractivity contribution < 1.29 is 9.32 Å². The number of carbonyl (C=O) groups excluding carboxylic acids is 1. The second-order valence-corrected chi connectivity index (χ2v) is 5.56. The highest BCUT2D eigenvalue weighted by Gasteiger charge is 2.29. The number of piperidine rings is 1. The van der Waals surface area contributed by atoms with Gasteiger partial charge in [0, 0.05) is 19.6 Å². The van der Waals surface area contributed by atoms with Crippen LogP contribution in [0.25, 0.3) is 0 Å². The number of aromatic nitrogens is 1. The van der Waals surface area contributed by atoms with Crippen LogP contribution in [0, 0.1) is 5.92 Å². The van der Waals surface area contributed by atoms with E-state index in [0.29, 0.717) is 36.8 Å². The number of nitrogens with zero attached hydrogens (tertiary/aromatic N) is 2. The zero-order valence-corrected chi connectivity index (χ0v) is 11.1. The Morgan fingerprint density at radius 2 is 2.00 bits per heavy atom. The molecule has 6 nitrogen and oxygen atoms in total. The number of carbonyl (C=O) groups is 1. The van der Waals surface area contributed by atoms with Crippen LogP contribution in [0.4, 0.5) is 4.79 Å². The topological polar surface area (TPSA) is 69.6 Å². The predicted molar refractivity (Wildman–Crippen MR) is 68.8 cm³/mol. The molecular weight excluding hydrogens is 246 g/mol. The van der Waals surface area contributed by atoms with Gasteiger partial charge < -0.3 is 14.3 Å². The molecule has 0 saturated carbocycles. The molecule has 0 bridgehead atoms. The summed E-state index contributed by atoms with van der Waals surface area (Å²) in [6, 6.07) is 0.0707. The minimum atomic E-state index is -0.158. The first-order valence-corrected chi connectivity index (χ1v) is 6.88. The first-order chi connectivity index (χ1) is 9.15. The summed E-state index contributed by atoms with van der Waals surface area (Å²) < 4.78 is 5.12. The lowest BCUT2D eigenvalue weighted by Crippen LogP contribution is -2.48. The molecule has 1 aromatic heterocycles. The number of H-pyrrole nitrogens is 1. The highest BCUT2D eigenvalue weighted by Crippen LogP contribution is 2.20. The molecule has 104 valence electrons. The Kier molecular flexibility index (Phi) is 3.08. The van der Waals surface area contributed by atoms with E-state index in [0.717, 1.165) is 25.9 Å². The summed E-state index contributed by atoms with van der Waals surface area (Å²) in [5, 5.41) is 2.34. The number of nitrogens with one attached hydrogen (secondary N) is 1. The smallest absolute Gasteiger partial charge is 0.320 e. The van der Waals surface area contributed by atoms with Gasteiger partial charge >= 0.3 is 6.03 Å². The van der Waals surface area contributed by atoms with Crippen molar-refractivity contribution in [1.29, 1.82) is 0 Å². The highest BCUT2D eigenvalue weighted by molar-refractivity contribution is 5.74. The van der Waals surface area contributed by atoms with Gasteiger partial charge in [-0.1, -0.05) is 6.92 Å². The molecule has 0 unspecified atom stereocenters. The van der Waals surface area contributed by atoms with Gasteiger partial charge in [-0.3, -0.25) is 4.79 Å². The first-order valence-electron chi connectivity index (χ1n) is 6.88. The first kappa shape index (κ1) is 12.3. The van der Waals surface area contributed by atoms with Crippen molar-refractivity contribution in [3.05, 3.63) is 21.7 Å². The van der Waals surface area contributed by atoms with Crippen molar-refractivity contribution in [2.45, 2.75) is 32.7 Å². The van der Waals surface area contributed by atoms with E-state index in [4.69, 9.17) is 4.52 Å². The zero-order valence-electron chi connectivity index (χ0n) is 11.1. The molecule has 0 spiro atoms. The van der Waals surface area contributed by atoms with Crippen LogP contribution in [0.3, 0.4) is 0 Å². The van der Waals surface area contributed by atoms with Gasteiger partial charge in [0.25, 0.3) is 5.56 Å². The minimum absolute atomic E-state index is 0.0707. The molecule has 2 aliphatic heterocycles. The van der Waals surface area contributed by atoms with E-state index >= 15 is 0 Å². The molecule has 0 radical (unpaired) electrons. The van der Waals surface area contributed by atoms with Gasteiger partial charge in [-0.05, 0) is 25.2 Å². The Balaban J connectivity index is 1.67. The Morgan fingerprint density at radius 3 is 2.74 bits per heavy atom. The molecule has 0 atom stereocenters. The Hall–Kier alpha value is -1.72. The summed E-state index contributed by atoms with van der Waals surface area (Å²) in [7, 11) is 0. The maximum Gasteiger partial charge on any atom is 0.320 e. The van der Waals surface area contributed by atoms with E-state index < -0.39 is 0 Å². The number of hydrogen-bond acceptors (Lipinski definition) is 3. The number of likely N-dealkylation sites (tertiary alicyclic amines) is 1. The number of amides is 2. The van der Waals surface area contributed by atoms with Crippen LogP contribution >= 0.6 is 0 Å². The Morgan fingerprint density at radius 1 is 1.26 bits per heavy atom. The SMILES string of the molecule is CC1CCN(C(=O)N2CCc3c(o[nH]c3=O)C2)CC1. The molecule has 2 aliphatic rings. The fraction of sp³-hybridized carbons (Fsp3) is 0.692. The van der Waals surface area contributed by atoms with Crippen molar-refractivity contribution in [2.75, 3.05) is 19.6 Å². The van der Waals surface area contributed by atoms with Gasteiger partial charge in [-0.2, -0.15) is 5.16 Å². The average Bonchev–Trinajstić information content (AvgIpc) is 2.80. The normalized spacial score (nSPS) is 20.5. The summed E-state index contributed by atoms with van der Waals surface area (Å²) in [6.45, 7) is 4.89. The molecule has 1 N–H and O–H groups in total. The monoisotopic (exact) mass is 265 g/mol. The largest absolute Gasteiger partial charge is 0.381 e. The van der Waals surface area contributed by atoms with Crippen LogP contribution in [0.15, 0.2) is 9.32 Å². The van der Waals surface area contributed by atoms with Crippen molar-refractivity contribution in [1.82, 2.24) is 15.0 Å². The molecule has 0 aromatic carbocycles. The van der Waals surface area contributed by atoms with Gasteiger partial charge in [0.05, 0.1) is 12.1 Å². The Bertz CT molecular complexity index is 525. The second-order valence-electron chi connectivity index (χ2n) is 5.56. The number of fused-ring (bicyclic) bond motifs is 1. The third kappa shape index (κ3) is 2.27.